The number of hydrogen-bond donors (Lipinski definition) is 1. The molecule has 3 aromatic rings. The molecular formula is C33H44F2N4O5. The van der Waals surface area contributed by atoms with Crippen LogP contribution in [0.1, 0.15) is 73.3 Å². The molecular weight excluding hydrogens is 570 g/mol. The Bertz CT molecular complexity index is 1410. The molecule has 0 radical (unpaired) electrons. The minimum absolute atomic E-state index is 0.0882. The van der Waals surface area contributed by atoms with Crippen LogP contribution >= 0.6 is 0 Å². The van der Waals surface area contributed by atoms with Crippen molar-refractivity contribution in [2.24, 2.45) is 12.5 Å². The molecule has 2 aromatic carbocycles. The fraction of sp³-hybridized carbons (Fsp3) is 0.455. The maximum absolute atomic E-state index is 13.0. The van der Waals surface area contributed by atoms with Gasteiger partial charge in [0.2, 0.25) is 0 Å². The fourth-order valence-corrected chi connectivity index (χ4v) is 4.59. The van der Waals surface area contributed by atoms with E-state index in [2.05, 4.69) is 31.2 Å². The van der Waals surface area contributed by atoms with Crippen LogP contribution in [0, 0.1) is 19.3 Å². The molecule has 1 aromatic heterocycles. The van der Waals surface area contributed by atoms with Gasteiger partial charge in [-0.3, -0.25) is 19.2 Å². The van der Waals surface area contributed by atoms with Crippen molar-refractivity contribution in [3.05, 3.63) is 76.6 Å². The summed E-state index contributed by atoms with van der Waals surface area (Å²) >= 11 is 0. The van der Waals surface area contributed by atoms with E-state index in [1.807, 2.05) is 50.2 Å². The van der Waals surface area contributed by atoms with Crippen LogP contribution in [-0.4, -0.2) is 54.4 Å². The topological polar surface area (TPSA) is 103 Å². The first-order chi connectivity index (χ1) is 20.6. The number of nitrogens with zero attached hydrogens (tertiary/aromatic N) is 3. The Morgan fingerprint density at radius 3 is 2.18 bits per heavy atom. The maximum Gasteiger partial charge on any atom is 0.328 e. The van der Waals surface area contributed by atoms with Gasteiger partial charge < -0.3 is 14.8 Å². The van der Waals surface area contributed by atoms with E-state index in [-0.39, 0.29) is 23.5 Å². The Kier molecular flexibility index (Phi) is 13.2. The highest BCUT2D eigenvalue weighted by atomic mass is 19.3. The summed E-state index contributed by atoms with van der Waals surface area (Å²) < 4.78 is 36.9. The Hall–Kier alpha value is -4.12. The van der Waals surface area contributed by atoms with Crippen LogP contribution in [-0.2, 0) is 32.5 Å². The monoisotopic (exact) mass is 614 g/mol. The predicted molar refractivity (Wildman–Crippen MR) is 167 cm³/mol. The van der Waals surface area contributed by atoms with Gasteiger partial charge in [-0.05, 0) is 61.8 Å². The number of alkyl halides is 2. The van der Waals surface area contributed by atoms with Gasteiger partial charge in [0.25, 0.3) is 18.2 Å². The van der Waals surface area contributed by atoms with Crippen LogP contribution in [0.5, 0.6) is 0 Å². The predicted octanol–water partition coefficient (Wildman–Crippen LogP) is 6.43. The third-order valence-electron chi connectivity index (χ3n) is 6.87. The summed E-state index contributed by atoms with van der Waals surface area (Å²) in [6.07, 6.45) is 0.279. The summed E-state index contributed by atoms with van der Waals surface area (Å²) in [5.41, 5.74) is 3.78. The first-order valence-corrected chi connectivity index (χ1v) is 14.3. The van der Waals surface area contributed by atoms with E-state index in [0.717, 1.165) is 35.2 Å². The molecule has 1 unspecified atom stereocenters. The van der Waals surface area contributed by atoms with Gasteiger partial charge >= 0.3 is 5.97 Å². The van der Waals surface area contributed by atoms with Gasteiger partial charge in [-0.2, -0.15) is 5.10 Å². The molecule has 11 heteroatoms. The van der Waals surface area contributed by atoms with Crippen LogP contribution < -0.4 is 10.2 Å². The minimum atomic E-state index is -2.79. The van der Waals surface area contributed by atoms with Gasteiger partial charge in [-0.25, -0.2) is 13.6 Å². The van der Waals surface area contributed by atoms with E-state index in [0.29, 0.717) is 5.69 Å². The number of carbonyl (C=O) groups is 3. The summed E-state index contributed by atoms with van der Waals surface area (Å²) in [6.45, 7) is 11.8. The summed E-state index contributed by atoms with van der Waals surface area (Å²) in [4.78, 5) is 38.0. The summed E-state index contributed by atoms with van der Waals surface area (Å²) in [5, 5.41) is 6.42. The van der Waals surface area contributed by atoms with E-state index in [4.69, 9.17) is 9.47 Å². The Balaban J connectivity index is 0.000000312. The number of aromatic nitrogens is 2. The van der Waals surface area contributed by atoms with Crippen LogP contribution in [0.3, 0.4) is 0 Å². The van der Waals surface area contributed by atoms with E-state index >= 15 is 0 Å². The Morgan fingerprint density at radius 2 is 1.64 bits per heavy atom. The fourth-order valence-electron chi connectivity index (χ4n) is 4.59. The van der Waals surface area contributed by atoms with Gasteiger partial charge in [-0.15, -0.1) is 0 Å². The van der Waals surface area contributed by atoms with Crippen molar-refractivity contribution < 1.29 is 32.6 Å². The Morgan fingerprint density at radius 1 is 1.02 bits per heavy atom. The average molecular weight is 615 g/mol. The largest absolute Gasteiger partial charge is 0.467 e. The number of carbonyl (C=O) groups excluding carboxylic acids is 3. The van der Waals surface area contributed by atoms with Crippen molar-refractivity contribution in [2.75, 3.05) is 31.0 Å². The number of benzene rings is 2. The number of ether oxygens (including phenoxy) is 2. The highest BCUT2D eigenvalue weighted by Crippen LogP contribution is 2.28. The van der Waals surface area contributed by atoms with Gasteiger partial charge in [0.05, 0.1) is 18.4 Å². The highest BCUT2D eigenvalue weighted by Gasteiger charge is 2.30. The summed E-state index contributed by atoms with van der Waals surface area (Å²) in [6, 6.07) is 12.5. The molecule has 1 N–H and O–H groups in total. The lowest BCUT2D eigenvalue weighted by Gasteiger charge is -2.30. The molecule has 1 heterocycles. The van der Waals surface area contributed by atoms with Crippen molar-refractivity contribution >= 4 is 29.2 Å². The molecule has 240 valence electrons. The first kappa shape index (κ1) is 36.1. The lowest BCUT2D eigenvalue weighted by atomic mass is 9.88. The van der Waals surface area contributed by atoms with E-state index in [9.17, 15) is 23.2 Å². The molecule has 9 nitrogen and oxygen atoms in total. The Labute approximate surface area is 258 Å². The second-order valence-corrected chi connectivity index (χ2v) is 11.7. The van der Waals surface area contributed by atoms with Crippen LogP contribution in [0.4, 0.5) is 20.2 Å². The molecule has 44 heavy (non-hydrogen) atoms. The lowest BCUT2D eigenvalue weighted by Crippen LogP contribution is -2.46. The number of aryl methyl sites for hydroxylation is 4. The summed E-state index contributed by atoms with van der Waals surface area (Å²) in [5.74, 6) is -1.30. The molecule has 0 fully saturated rings. The zero-order chi connectivity index (χ0) is 33.2. The molecule has 0 aliphatic carbocycles. The van der Waals surface area contributed by atoms with Crippen molar-refractivity contribution in [3.8, 4) is 0 Å². The second kappa shape index (κ2) is 16.1. The number of esters is 1. The molecule has 0 spiro atoms. The first-order valence-electron chi connectivity index (χ1n) is 14.3. The van der Waals surface area contributed by atoms with Crippen LogP contribution in [0.25, 0.3) is 0 Å². The number of amides is 2. The van der Waals surface area contributed by atoms with Gasteiger partial charge in [-0.1, -0.05) is 57.2 Å². The van der Waals surface area contributed by atoms with Crippen molar-refractivity contribution in [1.82, 2.24) is 9.78 Å². The molecule has 0 saturated heterocycles. The van der Waals surface area contributed by atoms with Crippen LogP contribution in [0.2, 0.25) is 0 Å². The second-order valence-electron chi connectivity index (χ2n) is 11.7. The molecule has 1 atom stereocenters. The number of anilines is 2. The molecule has 0 aliphatic rings. The quantitative estimate of drug-likeness (QED) is 0.264. The molecule has 0 aliphatic heterocycles. The van der Waals surface area contributed by atoms with E-state index < -0.39 is 30.0 Å². The zero-order valence-electron chi connectivity index (χ0n) is 27.0. The van der Waals surface area contributed by atoms with Crippen molar-refractivity contribution in [3.63, 3.8) is 0 Å². The van der Waals surface area contributed by atoms with Gasteiger partial charge in [0, 0.05) is 26.0 Å². The smallest absolute Gasteiger partial charge is 0.328 e. The number of hydrogen-bond acceptors (Lipinski definition) is 6. The normalized spacial score (nSPS) is 11.8. The maximum atomic E-state index is 13.0. The SMILES string of the molecule is COCC(=O)N(c1c(C)cccc1C)C(C)C(=O)OC.Cn1cc(C(=O)Nc2ccccc2CCC(C)(C)C)c(C(F)F)n1. The van der Waals surface area contributed by atoms with Crippen molar-refractivity contribution in [2.45, 2.75) is 66.9 Å². The third-order valence-corrected chi connectivity index (χ3v) is 6.87. The molecule has 0 saturated carbocycles. The average Bonchev–Trinajstić information content (AvgIpc) is 3.36. The van der Waals surface area contributed by atoms with E-state index in [1.54, 1.807) is 13.0 Å². The number of rotatable bonds is 10. The highest BCUT2D eigenvalue weighted by molar-refractivity contribution is 6.05. The zero-order valence-corrected chi connectivity index (χ0v) is 27.0. The third kappa shape index (κ3) is 9.97. The number of methoxy groups -OCH3 is 2. The van der Waals surface area contributed by atoms with Crippen molar-refractivity contribution in [1.29, 1.82) is 0 Å². The van der Waals surface area contributed by atoms with Gasteiger partial charge in [0.1, 0.15) is 18.3 Å². The van der Waals surface area contributed by atoms with E-state index in [1.165, 1.54) is 37.0 Å². The number of nitrogens with one attached hydrogen (secondary N) is 1. The molecule has 2 amide bonds. The number of halogens is 2. The minimum Gasteiger partial charge on any atom is -0.467 e. The number of para-hydroxylation sites is 2. The molecule has 0 bridgehead atoms. The summed E-state index contributed by atoms with van der Waals surface area (Å²) in [7, 11) is 4.27. The molecule has 3 rings (SSSR count). The van der Waals surface area contributed by atoms with Crippen LogP contribution in [0.15, 0.2) is 48.7 Å². The van der Waals surface area contributed by atoms with Gasteiger partial charge in [0.15, 0.2) is 0 Å². The lowest BCUT2D eigenvalue weighted by molar-refractivity contribution is -0.143. The standard InChI is InChI=1S/C18H23F2N3O.C15H21NO4/c1-18(2,3)10-9-12-7-5-6-8-14(12)21-17(24)13-11-23(4)22-15(13)16(19)20;1-10-7-6-8-11(2)14(10)16(13(17)9-19-4)12(3)15(18)20-5/h5-8,11,16H,9-10H2,1-4H3,(H,21,24);6-8,12H,9H2,1-5H3.